The monoisotopic (exact) mass is 466 g/mol. The molecule has 176 valence electrons. The van der Waals surface area contributed by atoms with E-state index in [1.54, 1.807) is 6.92 Å². The number of ketones is 1. The molecule has 8 heteroatoms. The summed E-state index contributed by atoms with van der Waals surface area (Å²) < 4.78 is 22.6. The first-order valence-corrected chi connectivity index (χ1v) is 12.2. The Bertz CT molecular complexity index is 886. The highest BCUT2D eigenvalue weighted by Crippen LogP contribution is 2.71. The largest absolute Gasteiger partial charge is 0.509 e. The van der Waals surface area contributed by atoms with E-state index in [1.165, 1.54) is 5.57 Å². The van der Waals surface area contributed by atoms with Crippen LogP contribution < -0.4 is 0 Å². The molecule has 0 radical (unpaired) electrons. The van der Waals surface area contributed by atoms with Crippen molar-refractivity contribution in [2.45, 2.75) is 77.1 Å². The van der Waals surface area contributed by atoms with Crippen LogP contribution in [-0.2, 0) is 28.5 Å². The maximum Gasteiger partial charge on any atom is 0.509 e. The van der Waals surface area contributed by atoms with Crippen LogP contribution in [0.2, 0.25) is 0 Å². The van der Waals surface area contributed by atoms with Gasteiger partial charge >= 0.3 is 12.1 Å². The van der Waals surface area contributed by atoms with Gasteiger partial charge in [0.05, 0.1) is 12.7 Å². The third kappa shape index (κ3) is 2.67. The number of hydrogen-bond acceptors (Lipinski definition) is 7. The molecule has 0 spiro atoms. The van der Waals surface area contributed by atoms with Crippen molar-refractivity contribution >= 4 is 29.5 Å². The second-order valence-corrected chi connectivity index (χ2v) is 10.6. The van der Waals surface area contributed by atoms with Gasteiger partial charge in [0.1, 0.15) is 6.10 Å². The Kier molecular flexibility index (Phi) is 5.17. The molecule has 0 aromatic carbocycles. The number of halogens is 1. The summed E-state index contributed by atoms with van der Waals surface area (Å²) in [6, 6.07) is -0.317. The number of fused-ring (bicyclic) bond motifs is 2. The van der Waals surface area contributed by atoms with Crippen LogP contribution in [-0.4, -0.2) is 48.4 Å². The molecule has 3 saturated carbocycles. The van der Waals surface area contributed by atoms with E-state index < -0.39 is 29.2 Å². The van der Waals surface area contributed by atoms with Crippen LogP contribution in [0.15, 0.2) is 11.6 Å². The van der Waals surface area contributed by atoms with Crippen molar-refractivity contribution in [1.82, 2.24) is 0 Å². The second kappa shape index (κ2) is 7.45. The molecule has 32 heavy (non-hydrogen) atoms. The lowest BCUT2D eigenvalue weighted by atomic mass is 9.46. The average Bonchev–Trinajstić information content (AvgIpc) is 3.20. The summed E-state index contributed by atoms with van der Waals surface area (Å²) in [6.45, 7) is 6.04. The van der Waals surface area contributed by atoms with Crippen molar-refractivity contribution in [3.63, 3.8) is 0 Å². The first-order valence-electron chi connectivity index (χ1n) is 11.7. The van der Waals surface area contributed by atoms with Gasteiger partial charge in [-0.15, -0.1) is 0 Å². The van der Waals surface area contributed by atoms with Gasteiger partial charge in [0.15, 0.2) is 11.8 Å². The Balaban J connectivity index is 1.56. The highest BCUT2D eigenvalue weighted by atomic mass is 35.5. The standard InChI is InChI=1S/C24H31ClO7/c1-4-29-21(28)32-24(20(27)30-12-25)10-9-15-14-7-5-13-6-8-16(26)19-23(13,3)18(14)17(31-19)11-22(15,24)2/h6,14-15,17-19H,4-5,7-12H2,1-3H3/t14-,15-,17?,18+,19?,22-,23+,24-/m0/s1. The van der Waals surface area contributed by atoms with Gasteiger partial charge in [0, 0.05) is 23.2 Å². The number of ether oxygens (including phenoxy) is 4. The van der Waals surface area contributed by atoms with Crippen LogP contribution in [0.4, 0.5) is 4.79 Å². The lowest BCUT2D eigenvalue weighted by Gasteiger charge is -2.57. The smallest absolute Gasteiger partial charge is 0.446 e. The predicted molar refractivity (Wildman–Crippen MR) is 114 cm³/mol. The van der Waals surface area contributed by atoms with Crippen LogP contribution in [0.5, 0.6) is 0 Å². The quantitative estimate of drug-likeness (QED) is 0.349. The van der Waals surface area contributed by atoms with E-state index in [-0.39, 0.29) is 47.7 Å². The zero-order valence-corrected chi connectivity index (χ0v) is 19.6. The van der Waals surface area contributed by atoms with Crippen molar-refractivity contribution < 1.29 is 33.3 Å². The zero-order chi connectivity index (χ0) is 22.9. The van der Waals surface area contributed by atoms with Gasteiger partial charge in [0.2, 0.25) is 5.60 Å². The van der Waals surface area contributed by atoms with E-state index in [1.807, 2.05) is 6.92 Å². The van der Waals surface area contributed by atoms with Crippen LogP contribution in [0, 0.1) is 28.6 Å². The molecule has 5 rings (SSSR count). The molecule has 5 aliphatic rings. The van der Waals surface area contributed by atoms with Crippen molar-refractivity contribution in [1.29, 1.82) is 0 Å². The molecule has 0 N–H and O–H groups in total. The van der Waals surface area contributed by atoms with Crippen LogP contribution in [0.3, 0.4) is 0 Å². The molecular formula is C24H31ClO7. The topological polar surface area (TPSA) is 88.1 Å². The van der Waals surface area contributed by atoms with Gasteiger partial charge in [-0.05, 0) is 50.9 Å². The predicted octanol–water partition coefficient (Wildman–Crippen LogP) is 4.16. The summed E-state index contributed by atoms with van der Waals surface area (Å²) in [5.74, 6) is 0.139. The molecule has 1 heterocycles. The third-order valence-electron chi connectivity index (χ3n) is 9.42. The van der Waals surface area contributed by atoms with Gasteiger partial charge in [-0.1, -0.05) is 37.1 Å². The Morgan fingerprint density at radius 2 is 2.03 bits per heavy atom. The summed E-state index contributed by atoms with van der Waals surface area (Å²) in [5.41, 5.74) is -1.12. The lowest BCUT2D eigenvalue weighted by molar-refractivity contribution is -0.194. The minimum Gasteiger partial charge on any atom is -0.446 e. The minimum absolute atomic E-state index is 0.136. The van der Waals surface area contributed by atoms with Crippen molar-refractivity contribution in [2.24, 2.45) is 28.6 Å². The van der Waals surface area contributed by atoms with E-state index in [2.05, 4.69) is 13.0 Å². The highest BCUT2D eigenvalue weighted by molar-refractivity contribution is 6.17. The molecule has 1 aliphatic heterocycles. The molecule has 4 aliphatic carbocycles. The molecule has 7 nitrogen and oxygen atoms in total. The van der Waals surface area contributed by atoms with E-state index >= 15 is 0 Å². The van der Waals surface area contributed by atoms with Crippen LogP contribution >= 0.6 is 11.6 Å². The molecule has 0 bridgehead atoms. The fraction of sp³-hybridized carbons (Fsp3) is 0.792. The summed E-state index contributed by atoms with van der Waals surface area (Å²) >= 11 is 5.74. The van der Waals surface area contributed by atoms with E-state index in [0.29, 0.717) is 19.3 Å². The highest BCUT2D eigenvalue weighted by Gasteiger charge is 2.75. The number of esters is 1. The Morgan fingerprint density at radius 3 is 2.75 bits per heavy atom. The Hall–Kier alpha value is -1.60. The molecule has 2 unspecified atom stereocenters. The number of carbonyl (C=O) groups excluding carboxylic acids is 3. The number of Topliss-reactive ketones (excluding diaryl/α,β-unsaturated/α-hetero) is 1. The zero-order valence-electron chi connectivity index (χ0n) is 18.9. The first-order chi connectivity index (χ1) is 15.2. The van der Waals surface area contributed by atoms with Crippen molar-refractivity contribution in [3.05, 3.63) is 11.6 Å². The van der Waals surface area contributed by atoms with E-state index in [4.69, 9.17) is 30.5 Å². The fourth-order valence-corrected chi connectivity index (χ4v) is 8.31. The number of carbonyl (C=O) groups is 3. The molecule has 4 fully saturated rings. The Morgan fingerprint density at radius 1 is 1.25 bits per heavy atom. The number of rotatable bonds is 4. The minimum atomic E-state index is -1.48. The van der Waals surface area contributed by atoms with Gasteiger partial charge in [-0.25, -0.2) is 9.59 Å². The molecule has 8 atom stereocenters. The molecule has 0 aromatic heterocycles. The van der Waals surface area contributed by atoms with Gasteiger partial charge in [-0.2, -0.15) is 0 Å². The second-order valence-electron chi connectivity index (χ2n) is 10.4. The van der Waals surface area contributed by atoms with E-state index in [0.717, 1.165) is 19.3 Å². The number of allylic oxidation sites excluding steroid dienone is 1. The van der Waals surface area contributed by atoms with E-state index in [9.17, 15) is 14.4 Å². The Labute approximate surface area is 193 Å². The van der Waals surface area contributed by atoms with Gasteiger partial charge in [-0.3, -0.25) is 4.79 Å². The first kappa shape index (κ1) is 22.2. The van der Waals surface area contributed by atoms with Crippen LogP contribution in [0.25, 0.3) is 0 Å². The summed E-state index contributed by atoms with van der Waals surface area (Å²) in [6.07, 6.45) is 4.58. The SMILES string of the molecule is CCOC(=O)O[C@]1(C(=O)OCCl)CC[C@H]2[C@@H]3CCC4=CCC(=O)C5OC(C[C@@]21C)[C@@H]3[C@@]45C. The molecule has 0 amide bonds. The number of alkyl halides is 1. The molecule has 1 saturated heterocycles. The maximum atomic E-state index is 13.3. The average molecular weight is 467 g/mol. The number of hydrogen-bond donors (Lipinski definition) is 0. The van der Waals surface area contributed by atoms with Gasteiger partial charge in [0.25, 0.3) is 0 Å². The van der Waals surface area contributed by atoms with Gasteiger partial charge < -0.3 is 18.9 Å². The normalized spacial score (nSPS) is 46.1. The maximum absolute atomic E-state index is 13.3. The molecular weight excluding hydrogens is 436 g/mol. The lowest BCUT2D eigenvalue weighted by Crippen LogP contribution is -2.61. The third-order valence-corrected chi connectivity index (χ3v) is 9.53. The van der Waals surface area contributed by atoms with Crippen molar-refractivity contribution in [2.75, 3.05) is 12.7 Å². The summed E-state index contributed by atoms with van der Waals surface area (Å²) in [5, 5.41) is 0. The van der Waals surface area contributed by atoms with Crippen LogP contribution in [0.1, 0.15) is 59.3 Å². The summed E-state index contributed by atoms with van der Waals surface area (Å²) in [7, 11) is 0. The fourth-order valence-electron chi connectivity index (χ4n) is 8.21. The van der Waals surface area contributed by atoms with Crippen molar-refractivity contribution in [3.8, 4) is 0 Å². The molecule has 0 aromatic rings. The summed E-state index contributed by atoms with van der Waals surface area (Å²) in [4.78, 5) is 38.6.